The molecule has 2 aliphatic heterocycles. The lowest BCUT2D eigenvalue weighted by atomic mass is 9.95. The summed E-state index contributed by atoms with van der Waals surface area (Å²) in [6, 6.07) is 15.4. The zero-order valence-corrected chi connectivity index (χ0v) is 28.2. The second kappa shape index (κ2) is 14.7. The Morgan fingerprint density at radius 3 is 2.60 bits per heavy atom. The number of aliphatic hydroxyl groups is 1. The van der Waals surface area contributed by atoms with Crippen LogP contribution in [0.25, 0.3) is 5.76 Å². The summed E-state index contributed by atoms with van der Waals surface area (Å²) in [5, 5.41) is 20.3. The fourth-order valence-electron chi connectivity index (χ4n) is 5.29. The molecule has 250 valence electrons. The van der Waals surface area contributed by atoms with E-state index < -0.39 is 17.7 Å². The van der Waals surface area contributed by atoms with Crippen LogP contribution in [0.1, 0.15) is 49.9 Å². The molecular weight excluding hydrogens is 658 g/mol. The molecule has 13 heteroatoms. The first-order valence-electron chi connectivity index (χ1n) is 15.6. The molecule has 0 saturated carbocycles. The van der Waals surface area contributed by atoms with Crippen molar-refractivity contribution < 1.29 is 38.0 Å². The van der Waals surface area contributed by atoms with E-state index in [4.69, 9.17) is 18.9 Å². The monoisotopic (exact) mass is 691 g/mol. The van der Waals surface area contributed by atoms with Crippen LogP contribution in [0.2, 0.25) is 0 Å². The van der Waals surface area contributed by atoms with E-state index in [0.29, 0.717) is 76.6 Å². The van der Waals surface area contributed by atoms with Gasteiger partial charge in [-0.25, -0.2) is 4.39 Å². The Kier molecular flexibility index (Phi) is 10.2. The van der Waals surface area contributed by atoms with Gasteiger partial charge in [0.05, 0.1) is 24.8 Å². The van der Waals surface area contributed by atoms with Crippen LogP contribution in [0.5, 0.6) is 23.0 Å². The molecule has 0 radical (unpaired) electrons. The number of benzene rings is 3. The van der Waals surface area contributed by atoms with Crippen molar-refractivity contribution in [1.82, 2.24) is 10.2 Å². The lowest BCUT2D eigenvalue weighted by Crippen LogP contribution is -2.29. The highest BCUT2D eigenvalue weighted by molar-refractivity contribution is 8.00. The number of hydrogen-bond donors (Lipinski definition) is 1. The van der Waals surface area contributed by atoms with Gasteiger partial charge in [0.15, 0.2) is 27.3 Å². The first-order chi connectivity index (χ1) is 23.2. The van der Waals surface area contributed by atoms with Gasteiger partial charge in [0.1, 0.15) is 24.8 Å². The number of thioether (sulfide) groups is 1. The van der Waals surface area contributed by atoms with Crippen LogP contribution >= 0.6 is 23.1 Å². The number of anilines is 1. The molecule has 3 aromatic carbocycles. The Morgan fingerprint density at radius 2 is 1.83 bits per heavy atom. The SMILES string of the molecule is CCOc1cc([C@@H]2/C(=C(\O)c3ccc4c(c3)OCCO4)C(=O)C(=O)N2c2nnc(SCc3ccccc3F)s2)ccc1OCCC(C)C. The van der Waals surface area contributed by atoms with Crippen molar-refractivity contribution >= 4 is 45.7 Å². The van der Waals surface area contributed by atoms with E-state index in [1.54, 1.807) is 54.6 Å². The Bertz CT molecular complexity index is 1860. The molecule has 1 aromatic heterocycles. The van der Waals surface area contributed by atoms with E-state index in [2.05, 4.69) is 24.0 Å². The van der Waals surface area contributed by atoms with Crippen LogP contribution in [0.3, 0.4) is 0 Å². The van der Waals surface area contributed by atoms with E-state index in [0.717, 1.165) is 17.8 Å². The first-order valence-corrected chi connectivity index (χ1v) is 17.4. The number of ketones is 1. The third-order valence-electron chi connectivity index (χ3n) is 7.71. The number of amides is 1. The van der Waals surface area contributed by atoms with Gasteiger partial charge in [0.2, 0.25) is 5.13 Å². The molecular formula is C35H34FN3O7S2. The summed E-state index contributed by atoms with van der Waals surface area (Å²) in [6.07, 6.45) is 0.845. The molecule has 0 unspecified atom stereocenters. The van der Waals surface area contributed by atoms with Crippen LogP contribution in [0.15, 0.2) is 70.6 Å². The van der Waals surface area contributed by atoms with E-state index in [-0.39, 0.29) is 27.8 Å². The lowest BCUT2D eigenvalue weighted by molar-refractivity contribution is -0.132. The summed E-state index contributed by atoms with van der Waals surface area (Å²) in [6.45, 7) is 7.63. The third-order valence-corrected chi connectivity index (χ3v) is 9.81. The molecule has 0 bridgehead atoms. The quantitative estimate of drug-likeness (QED) is 0.0537. The number of fused-ring (bicyclic) bond motifs is 1. The van der Waals surface area contributed by atoms with Gasteiger partial charge in [-0.2, -0.15) is 0 Å². The Hall–Kier alpha value is -4.62. The Morgan fingerprint density at radius 1 is 1.04 bits per heavy atom. The van der Waals surface area contributed by atoms with Crippen molar-refractivity contribution in [2.45, 2.75) is 43.3 Å². The molecule has 1 fully saturated rings. The summed E-state index contributed by atoms with van der Waals surface area (Å²) >= 11 is 2.36. The Labute approximate surface area is 285 Å². The highest BCUT2D eigenvalue weighted by Gasteiger charge is 2.48. The fourth-order valence-corrected chi connectivity index (χ4v) is 7.15. The number of hydrogen-bond acceptors (Lipinski definition) is 11. The largest absolute Gasteiger partial charge is 0.507 e. The minimum atomic E-state index is -1.08. The van der Waals surface area contributed by atoms with Crippen molar-refractivity contribution in [3.05, 3.63) is 88.7 Å². The van der Waals surface area contributed by atoms with Crippen molar-refractivity contribution in [3.63, 3.8) is 0 Å². The van der Waals surface area contributed by atoms with Gasteiger partial charge < -0.3 is 24.1 Å². The van der Waals surface area contributed by atoms with E-state index >= 15 is 0 Å². The van der Waals surface area contributed by atoms with Crippen molar-refractivity contribution in [3.8, 4) is 23.0 Å². The van der Waals surface area contributed by atoms with Gasteiger partial charge in [-0.05, 0) is 66.8 Å². The number of aromatic nitrogens is 2. The van der Waals surface area contributed by atoms with Gasteiger partial charge in [-0.15, -0.1) is 10.2 Å². The minimum absolute atomic E-state index is 0.136. The smallest absolute Gasteiger partial charge is 0.301 e. The molecule has 2 aliphatic rings. The van der Waals surface area contributed by atoms with Crippen molar-refractivity contribution in [2.75, 3.05) is 31.3 Å². The summed E-state index contributed by atoms with van der Waals surface area (Å²) in [7, 11) is 0. The third kappa shape index (κ3) is 6.97. The van der Waals surface area contributed by atoms with E-state index in [9.17, 15) is 19.1 Å². The summed E-state index contributed by atoms with van der Waals surface area (Å²) in [5.74, 6) is 0.139. The number of nitrogens with zero attached hydrogens (tertiary/aromatic N) is 3. The molecule has 10 nitrogen and oxygen atoms in total. The zero-order chi connectivity index (χ0) is 33.8. The maximum atomic E-state index is 14.2. The molecule has 48 heavy (non-hydrogen) atoms. The average molecular weight is 692 g/mol. The maximum Gasteiger partial charge on any atom is 0.301 e. The number of carbonyl (C=O) groups is 2. The predicted molar refractivity (Wildman–Crippen MR) is 181 cm³/mol. The second-order valence-corrected chi connectivity index (χ2v) is 13.6. The molecule has 0 aliphatic carbocycles. The topological polar surface area (TPSA) is 120 Å². The van der Waals surface area contributed by atoms with Crippen molar-refractivity contribution in [2.24, 2.45) is 5.92 Å². The summed E-state index contributed by atoms with van der Waals surface area (Å²) in [5.41, 5.74) is 1.13. The van der Waals surface area contributed by atoms with Crippen LogP contribution in [-0.4, -0.2) is 53.4 Å². The molecule has 6 rings (SSSR count). The number of aliphatic hydroxyl groups excluding tert-OH is 1. The van der Waals surface area contributed by atoms with Gasteiger partial charge in [0.25, 0.3) is 5.78 Å². The number of ether oxygens (including phenoxy) is 4. The second-order valence-electron chi connectivity index (χ2n) is 11.4. The van der Waals surface area contributed by atoms with Crippen LogP contribution in [-0.2, 0) is 15.3 Å². The van der Waals surface area contributed by atoms with Crippen LogP contribution in [0.4, 0.5) is 9.52 Å². The molecule has 1 atom stereocenters. The van der Waals surface area contributed by atoms with Crippen LogP contribution < -0.4 is 23.8 Å². The molecule has 3 heterocycles. The fraction of sp³-hybridized carbons (Fsp3) is 0.314. The zero-order valence-electron chi connectivity index (χ0n) is 26.6. The Balaban J connectivity index is 1.41. The normalized spacial score (nSPS) is 16.9. The van der Waals surface area contributed by atoms with Gasteiger partial charge in [-0.1, -0.05) is 61.2 Å². The molecule has 4 aromatic rings. The number of halogens is 1. The minimum Gasteiger partial charge on any atom is -0.507 e. The first kappa shape index (κ1) is 33.3. The molecule has 1 saturated heterocycles. The van der Waals surface area contributed by atoms with Gasteiger partial charge >= 0.3 is 5.91 Å². The highest BCUT2D eigenvalue weighted by Crippen LogP contribution is 2.46. The van der Waals surface area contributed by atoms with Crippen molar-refractivity contribution in [1.29, 1.82) is 0 Å². The molecule has 1 amide bonds. The number of rotatable bonds is 12. The van der Waals surface area contributed by atoms with E-state index in [1.165, 1.54) is 22.7 Å². The summed E-state index contributed by atoms with van der Waals surface area (Å²) in [4.78, 5) is 28.8. The number of Topliss-reactive ketones (excluding diaryl/α,β-unsaturated/α-hetero) is 1. The average Bonchev–Trinajstić information content (AvgIpc) is 3.66. The van der Waals surface area contributed by atoms with E-state index in [1.807, 2.05) is 6.92 Å². The standard InChI is InChI=1S/C35H34FN3O7S2/c1-4-43-27-17-21(9-11-25(27)44-14-13-20(2)3)30-29(31(40)22-10-12-26-28(18-22)46-16-15-45-26)32(41)33(42)39(30)34-37-38-35(48-34)47-19-23-7-5-6-8-24(23)36/h5-12,17-18,20,30,40H,4,13-16,19H2,1-3H3/b31-29+/t30-/m1/s1. The highest BCUT2D eigenvalue weighted by atomic mass is 32.2. The van der Waals surface area contributed by atoms with Crippen LogP contribution in [0, 0.1) is 11.7 Å². The van der Waals surface area contributed by atoms with Gasteiger partial charge in [-0.3, -0.25) is 14.5 Å². The summed E-state index contributed by atoms with van der Waals surface area (Å²) < 4.78 is 38.0. The number of carbonyl (C=O) groups excluding carboxylic acids is 2. The molecule has 1 N–H and O–H groups in total. The van der Waals surface area contributed by atoms with Gasteiger partial charge in [0, 0.05) is 11.3 Å². The predicted octanol–water partition coefficient (Wildman–Crippen LogP) is 7.19. The maximum absolute atomic E-state index is 14.2. The molecule has 0 spiro atoms. The lowest BCUT2D eigenvalue weighted by Gasteiger charge is -2.24.